The second-order valence-electron chi connectivity index (χ2n) is 5.91. The number of nitroso groups, excluding NO2 is 1. The summed E-state index contributed by atoms with van der Waals surface area (Å²) in [5, 5.41) is 21.4. The van der Waals surface area contributed by atoms with Crippen LogP contribution in [0.3, 0.4) is 0 Å². The van der Waals surface area contributed by atoms with Crippen molar-refractivity contribution in [2.75, 3.05) is 6.54 Å². The first-order valence-corrected chi connectivity index (χ1v) is 8.25. The summed E-state index contributed by atoms with van der Waals surface area (Å²) < 4.78 is 0. The Hall–Kier alpha value is -1.53. The third-order valence-electron chi connectivity index (χ3n) is 3.99. The van der Waals surface area contributed by atoms with Gasteiger partial charge in [-0.1, -0.05) is 41.0 Å². The predicted octanol–water partition coefficient (Wildman–Crippen LogP) is 4.73. The molecule has 0 aliphatic rings. The Morgan fingerprint density at radius 1 is 1.29 bits per heavy atom. The van der Waals surface area contributed by atoms with Crippen molar-refractivity contribution in [3.63, 3.8) is 0 Å². The van der Waals surface area contributed by atoms with Crippen LogP contribution in [0.4, 0.5) is 5.69 Å². The van der Waals surface area contributed by atoms with Gasteiger partial charge in [0.1, 0.15) is 5.69 Å². The van der Waals surface area contributed by atoms with Crippen molar-refractivity contribution in [3.05, 3.63) is 56.0 Å². The zero-order valence-electron chi connectivity index (χ0n) is 14.4. The number of rotatable bonds is 9. The maximum Gasteiger partial charge on any atom is 0.130 e. The van der Waals surface area contributed by atoms with Crippen molar-refractivity contribution in [1.29, 1.82) is 0 Å². The van der Waals surface area contributed by atoms with Gasteiger partial charge in [0.25, 0.3) is 0 Å². The van der Waals surface area contributed by atoms with Gasteiger partial charge in [0.2, 0.25) is 0 Å². The SMILES string of the molecule is C/C(=C\Cc1cc(CO)c(C)c(Cl)c1N=O)CC/C=C(\C)CNO. The number of hydrogen-bond donors (Lipinski definition) is 3. The Morgan fingerprint density at radius 2 is 2.00 bits per heavy atom. The minimum atomic E-state index is -0.122. The number of hydroxylamine groups is 1. The molecule has 0 saturated heterocycles. The summed E-state index contributed by atoms with van der Waals surface area (Å²) in [6, 6.07) is 1.79. The molecular weight excluding hydrogens is 328 g/mol. The second kappa shape index (κ2) is 10.4. The van der Waals surface area contributed by atoms with Gasteiger partial charge in [-0.15, -0.1) is 4.91 Å². The highest BCUT2D eigenvalue weighted by atomic mass is 35.5. The number of aliphatic hydroxyl groups is 1. The number of nitrogens with zero attached hydrogens (tertiary/aromatic N) is 1. The number of hydrogen-bond acceptors (Lipinski definition) is 5. The molecule has 0 saturated carbocycles. The summed E-state index contributed by atoms with van der Waals surface area (Å²) in [4.78, 5) is 11.1. The Bertz CT molecular complexity index is 640. The second-order valence-corrected chi connectivity index (χ2v) is 6.29. The molecule has 0 unspecified atom stereocenters. The van der Waals surface area contributed by atoms with Gasteiger partial charge < -0.3 is 10.3 Å². The van der Waals surface area contributed by atoms with Crippen LogP contribution in [-0.2, 0) is 13.0 Å². The van der Waals surface area contributed by atoms with Crippen molar-refractivity contribution in [3.8, 4) is 0 Å². The summed E-state index contributed by atoms with van der Waals surface area (Å²) in [6.45, 7) is 6.09. The average Bonchev–Trinajstić information content (AvgIpc) is 2.56. The van der Waals surface area contributed by atoms with Gasteiger partial charge in [0, 0.05) is 6.54 Å². The van der Waals surface area contributed by atoms with Gasteiger partial charge in [0.05, 0.1) is 11.6 Å². The van der Waals surface area contributed by atoms with Crippen LogP contribution < -0.4 is 5.48 Å². The Labute approximate surface area is 148 Å². The number of benzene rings is 1. The fourth-order valence-electron chi connectivity index (χ4n) is 2.39. The van der Waals surface area contributed by atoms with Crippen LogP contribution in [0.25, 0.3) is 0 Å². The molecule has 0 radical (unpaired) electrons. The summed E-state index contributed by atoms with van der Waals surface area (Å²) in [5.74, 6) is 0. The van der Waals surface area contributed by atoms with Crippen molar-refractivity contribution in [1.82, 2.24) is 5.48 Å². The van der Waals surface area contributed by atoms with E-state index in [4.69, 9.17) is 16.8 Å². The van der Waals surface area contributed by atoms with Crippen LogP contribution >= 0.6 is 11.6 Å². The first kappa shape index (κ1) is 20.5. The first-order valence-electron chi connectivity index (χ1n) is 7.87. The van der Waals surface area contributed by atoms with Gasteiger partial charge in [-0.3, -0.25) is 0 Å². The molecule has 0 fully saturated rings. The van der Waals surface area contributed by atoms with Crippen molar-refractivity contribution in [2.45, 2.75) is 46.6 Å². The average molecular weight is 353 g/mol. The summed E-state index contributed by atoms with van der Waals surface area (Å²) >= 11 is 6.19. The van der Waals surface area contributed by atoms with Gasteiger partial charge in [-0.25, -0.2) is 5.48 Å². The van der Waals surface area contributed by atoms with E-state index in [0.29, 0.717) is 29.1 Å². The highest BCUT2D eigenvalue weighted by Gasteiger charge is 2.14. The van der Waals surface area contributed by atoms with Gasteiger partial charge in [0.15, 0.2) is 0 Å². The molecule has 0 aliphatic heterocycles. The molecule has 0 spiro atoms. The molecule has 1 rings (SSSR count). The monoisotopic (exact) mass is 352 g/mol. The number of allylic oxidation sites excluding steroid dienone is 3. The number of halogens is 1. The molecule has 1 aromatic rings. The maximum absolute atomic E-state index is 11.1. The van der Waals surface area contributed by atoms with Gasteiger partial charge >= 0.3 is 0 Å². The highest BCUT2D eigenvalue weighted by Crippen LogP contribution is 2.35. The molecular formula is C18H25ClN2O3. The normalized spacial score (nSPS) is 12.6. The fraction of sp³-hybridized carbons (Fsp3) is 0.444. The molecule has 0 heterocycles. The minimum absolute atomic E-state index is 0.122. The quantitative estimate of drug-likeness (QED) is 0.341. The molecule has 1 aromatic carbocycles. The molecule has 3 N–H and O–H groups in total. The highest BCUT2D eigenvalue weighted by molar-refractivity contribution is 6.34. The minimum Gasteiger partial charge on any atom is -0.392 e. The molecule has 0 atom stereocenters. The molecule has 132 valence electrons. The lowest BCUT2D eigenvalue weighted by atomic mass is 9.99. The van der Waals surface area contributed by atoms with E-state index in [2.05, 4.69) is 16.7 Å². The van der Waals surface area contributed by atoms with E-state index >= 15 is 0 Å². The van der Waals surface area contributed by atoms with Gasteiger partial charge in [-0.2, -0.15) is 0 Å². The van der Waals surface area contributed by atoms with Crippen molar-refractivity contribution in [2.24, 2.45) is 5.18 Å². The van der Waals surface area contributed by atoms with Crippen LogP contribution in [0.15, 0.2) is 34.5 Å². The molecule has 0 amide bonds. The van der Waals surface area contributed by atoms with Crippen LogP contribution in [-0.4, -0.2) is 16.9 Å². The lowest BCUT2D eigenvalue weighted by molar-refractivity contribution is 0.177. The van der Waals surface area contributed by atoms with Crippen LogP contribution in [0.5, 0.6) is 0 Å². The fourth-order valence-corrected chi connectivity index (χ4v) is 2.67. The summed E-state index contributed by atoms with van der Waals surface area (Å²) in [7, 11) is 0. The molecule has 0 aliphatic carbocycles. The van der Waals surface area contributed by atoms with E-state index in [-0.39, 0.29) is 12.3 Å². The Morgan fingerprint density at radius 3 is 2.58 bits per heavy atom. The van der Waals surface area contributed by atoms with E-state index in [9.17, 15) is 10.0 Å². The lowest BCUT2D eigenvalue weighted by Crippen LogP contribution is -2.09. The lowest BCUT2D eigenvalue weighted by Gasteiger charge is -2.11. The maximum atomic E-state index is 11.1. The third kappa shape index (κ3) is 5.83. The van der Waals surface area contributed by atoms with Crippen LogP contribution in [0.1, 0.15) is 43.4 Å². The van der Waals surface area contributed by atoms with E-state index in [1.165, 1.54) is 5.57 Å². The summed E-state index contributed by atoms with van der Waals surface area (Å²) in [6.07, 6.45) is 6.43. The zero-order valence-corrected chi connectivity index (χ0v) is 15.2. The Kier molecular flexibility index (Phi) is 8.85. The molecule has 6 heteroatoms. The zero-order chi connectivity index (χ0) is 18.1. The van der Waals surface area contributed by atoms with Crippen molar-refractivity contribution >= 4 is 17.3 Å². The smallest absolute Gasteiger partial charge is 0.130 e. The number of aliphatic hydroxyl groups excluding tert-OH is 1. The van der Waals surface area contributed by atoms with Crippen LogP contribution in [0.2, 0.25) is 5.02 Å². The topological polar surface area (TPSA) is 81.9 Å². The van der Waals surface area contributed by atoms with Crippen LogP contribution in [0, 0.1) is 11.8 Å². The van der Waals surface area contributed by atoms with E-state index in [0.717, 1.165) is 24.0 Å². The van der Waals surface area contributed by atoms with E-state index < -0.39 is 0 Å². The molecule has 5 nitrogen and oxygen atoms in total. The Balaban J connectivity index is 2.83. The van der Waals surface area contributed by atoms with E-state index in [1.54, 1.807) is 13.0 Å². The summed E-state index contributed by atoms with van der Waals surface area (Å²) in [5.41, 5.74) is 6.77. The van der Waals surface area contributed by atoms with E-state index in [1.807, 2.05) is 19.9 Å². The van der Waals surface area contributed by atoms with Gasteiger partial charge in [-0.05, 0) is 61.9 Å². The predicted molar refractivity (Wildman–Crippen MR) is 97.8 cm³/mol. The standard InChI is InChI=1S/C18H25ClN2O3/c1-12(5-4-6-13(2)10-20-23)7-8-15-9-16(11-22)14(3)17(19)18(15)21-24/h6-7,9,20,22-23H,4-5,8,10-11H2,1-3H3/b12-7+,13-6+. The molecule has 0 bridgehead atoms. The first-order chi connectivity index (χ1) is 11.4. The molecule has 24 heavy (non-hydrogen) atoms. The molecule has 0 aromatic heterocycles. The van der Waals surface area contributed by atoms with Crippen molar-refractivity contribution < 1.29 is 10.3 Å². The number of nitrogens with one attached hydrogen (secondary N) is 1. The largest absolute Gasteiger partial charge is 0.392 e. The third-order valence-corrected chi connectivity index (χ3v) is 4.46.